The van der Waals surface area contributed by atoms with E-state index in [0.717, 1.165) is 28.1 Å². The molecule has 122 valence electrons. The van der Waals surface area contributed by atoms with Crippen LogP contribution in [0.3, 0.4) is 0 Å². The first kappa shape index (κ1) is 15.7. The third-order valence-electron chi connectivity index (χ3n) is 3.80. The summed E-state index contributed by atoms with van der Waals surface area (Å²) in [5, 5.41) is 15.3. The minimum atomic E-state index is -0.404. The molecule has 0 aliphatic rings. The van der Waals surface area contributed by atoms with Gasteiger partial charge in [-0.05, 0) is 19.1 Å². The molecule has 0 radical (unpaired) electrons. The average Bonchev–Trinajstić information content (AvgIpc) is 2.59. The van der Waals surface area contributed by atoms with Gasteiger partial charge in [0.25, 0.3) is 5.69 Å². The lowest BCUT2D eigenvalue weighted by atomic mass is 10.1. The van der Waals surface area contributed by atoms with Gasteiger partial charge in [0.2, 0.25) is 0 Å². The first-order chi connectivity index (χ1) is 11.6. The molecule has 0 saturated heterocycles. The summed E-state index contributed by atoms with van der Waals surface area (Å²) >= 11 is 0. The predicted molar refractivity (Wildman–Crippen MR) is 93.5 cm³/mol. The molecule has 0 amide bonds. The zero-order valence-corrected chi connectivity index (χ0v) is 13.4. The van der Waals surface area contributed by atoms with Crippen LogP contribution in [0.1, 0.15) is 11.3 Å². The molecule has 0 bridgehead atoms. The highest BCUT2D eigenvalue weighted by Gasteiger charge is 2.15. The largest absolute Gasteiger partial charge is 0.496 e. The highest BCUT2D eigenvalue weighted by molar-refractivity contribution is 5.96. The van der Waals surface area contributed by atoms with E-state index in [1.165, 1.54) is 6.07 Å². The number of pyridine rings is 1. The number of benzene rings is 2. The van der Waals surface area contributed by atoms with Crippen molar-refractivity contribution in [1.29, 1.82) is 0 Å². The Morgan fingerprint density at radius 2 is 2.00 bits per heavy atom. The van der Waals surface area contributed by atoms with Gasteiger partial charge in [-0.1, -0.05) is 30.3 Å². The van der Waals surface area contributed by atoms with Crippen molar-refractivity contribution in [2.24, 2.45) is 0 Å². The van der Waals surface area contributed by atoms with E-state index in [9.17, 15) is 10.1 Å². The number of aryl methyl sites for hydroxylation is 1. The summed E-state index contributed by atoms with van der Waals surface area (Å²) in [5.74, 6) is 0.797. The number of nitrogens with one attached hydrogen (secondary N) is 1. The average molecular weight is 323 g/mol. The van der Waals surface area contributed by atoms with Gasteiger partial charge in [-0.3, -0.25) is 10.1 Å². The quantitative estimate of drug-likeness (QED) is 0.565. The number of nitro benzene ring substituents is 1. The maximum absolute atomic E-state index is 11.2. The molecule has 2 aromatic carbocycles. The number of hydrogen-bond acceptors (Lipinski definition) is 5. The molecule has 0 atom stereocenters. The minimum Gasteiger partial charge on any atom is -0.496 e. The number of para-hydroxylation sites is 2. The van der Waals surface area contributed by atoms with Crippen LogP contribution in [0.15, 0.2) is 48.5 Å². The van der Waals surface area contributed by atoms with Crippen molar-refractivity contribution in [3.8, 4) is 5.75 Å². The van der Waals surface area contributed by atoms with E-state index in [-0.39, 0.29) is 5.69 Å². The van der Waals surface area contributed by atoms with Crippen molar-refractivity contribution in [2.45, 2.75) is 13.5 Å². The molecule has 0 spiro atoms. The van der Waals surface area contributed by atoms with Gasteiger partial charge in [0, 0.05) is 34.9 Å². The lowest BCUT2D eigenvalue weighted by Crippen LogP contribution is -2.03. The Balaban J connectivity index is 2.00. The normalized spacial score (nSPS) is 10.6. The third-order valence-corrected chi connectivity index (χ3v) is 3.80. The highest BCUT2D eigenvalue weighted by Crippen LogP contribution is 2.30. The summed E-state index contributed by atoms with van der Waals surface area (Å²) in [7, 11) is 1.63. The molecular formula is C18H17N3O3. The van der Waals surface area contributed by atoms with Gasteiger partial charge in [0.1, 0.15) is 5.75 Å². The summed E-state index contributed by atoms with van der Waals surface area (Å²) in [4.78, 5) is 15.2. The van der Waals surface area contributed by atoms with E-state index in [1.54, 1.807) is 13.2 Å². The van der Waals surface area contributed by atoms with E-state index in [1.807, 2.05) is 43.3 Å². The van der Waals surface area contributed by atoms with Crippen LogP contribution in [0.4, 0.5) is 11.4 Å². The van der Waals surface area contributed by atoms with Crippen molar-refractivity contribution < 1.29 is 9.66 Å². The molecule has 6 nitrogen and oxygen atoms in total. The minimum absolute atomic E-state index is 0.0107. The van der Waals surface area contributed by atoms with Crippen molar-refractivity contribution in [3.05, 3.63) is 69.9 Å². The van der Waals surface area contributed by atoms with E-state index < -0.39 is 4.92 Å². The van der Waals surface area contributed by atoms with Crippen LogP contribution in [0.5, 0.6) is 5.75 Å². The summed E-state index contributed by atoms with van der Waals surface area (Å²) in [6, 6.07) is 14.6. The molecule has 1 N–H and O–H groups in total. The second-order valence-electron chi connectivity index (χ2n) is 5.41. The van der Waals surface area contributed by atoms with E-state index >= 15 is 0 Å². The van der Waals surface area contributed by atoms with Gasteiger partial charge in [0.15, 0.2) is 5.52 Å². The van der Waals surface area contributed by atoms with E-state index in [4.69, 9.17) is 4.74 Å². The predicted octanol–water partition coefficient (Wildman–Crippen LogP) is 4.07. The number of hydrogen-bond donors (Lipinski definition) is 1. The summed E-state index contributed by atoms with van der Waals surface area (Å²) in [6.07, 6.45) is 0. The number of nitrogens with zero attached hydrogens (tertiary/aromatic N) is 2. The van der Waals surface area contributed by atoms with Gasteiger partial charge >= 0.3 is 0 Å². The molecule has 3 aromatic rings. The van der Waals surface area contributed by atoms with Gasteiger partial charge in [-0.2, -0.15) is 0 Å². The number of ether oxygens (including phenoxy) is 1. The summed E-state index contributed by atoms with van der Waals surface area (Å²) in [5.41, 5.74) is 2.95. The monoisotopic (exact) mass is 323 g/mol. The summed E-state index contributed by atoms with van der Waals surface area (Å²) in [6.45, 7) is 2.37. The van der Waals surface area contributed by atoms with Crippen LogP contribution in [0.2, 0.25) is 0 Å². The SMILES string of the molecule is COc1ccccc1CNc1cc(C)nc2c([N+](=O)[O-])cccc12. The molecule has 6 heteroatoms. The fraction of sp³-hybridized carbons (Fsp3) is 0.167. The second-order valence-corrected chi connectivity index (χ2v) is 5.41. The Morgan fingerprint density at radius 3 is 2.75 bits per heavy atom. The van der Waals surface area contributed by atoms with Crippen molar-refractivity contribution >= 4 is 22.3 Å². The molecule has 3 rings (SSSR count). The van der Waals surface area contributed by atoms with E-state index in [0.29, 0.717) is 12.1 Å². The fourth-order valence-corrected chi connectivity index (χ4v) is 2.69. The molecule has 0 fully saturated rings. The van der Waals surface area contributed by atoms with Crippen molar-refractivity contribution in [2.75, 3.05) is 12.4 Å². The zero-order valence-electron chi connectivity index (χ0n) is 13.4. The standard InChI is InChI=1S/C18H17N3O3/c1-12-10-15(19-11-13-6-3-4-9-17(13)24-2)14-7-5-8-16(21(22)23)18(14)20-12/h3-10H,11H2,1-2H3,(H,19,20). The van der Waals surface area contributed by atoms with Crippen LogP contribution in [0, 0.1) is 17.0 Å². The molecule has 1 aromatic heterocycles. The van der Waals surface area contributed by atoms with Crippen LogP contribution >= 0.6 is 0 Å². The Labute approximate surface area is 139 Å². The molecule has 0 unspecified atom stereocenters. The molecule has 1 heterocycles. The van der Waals surface area contributed by atoms with Crippen molar-refractivity contribution in [1.82, 2.24) is 4.98 Å². The third kappa shape index (κ3) is 2.99. The van der Waals surface area contributed by atoms with Crippen molar-refractivity contribution in [3.63, 3.8) is 0 Å². The van der Waals surface area contributed by atoms with Gasteiger partial charge in [-0.25, -0.2) is 4.98 Å². The molecule has 0 aliphatic heterocycles. The molecule has 0 aliphatic carbocycles. The van der Waals surface area contributed by atoms with Crippen LogP contribution < -0.4 is 10.1 Å². The molecule has 0 saturated carbocycles. The lowest BCUT2D eigenvalue weighted by molar-refractivity contribution is -0.383. The molecule has 24 heavy (non-hydrogen) atoms. The number of non-ortho nitro benzene ring substituents is 1. The van der Waals surface area contributed by atoms with Gasteiger partial charge < -0.3 is 10.1 Å². The maximum Gasteiger partial charge on any atom is 0.295 e. The smallest absolute Gasteiger partial charge is 0.295 e. The highest BCUT2D eigenvalue weighted by atomic mass is 16.6. The van der Waals surface area contributed by atoms with Gasteiger partial charge in [0.05, 0.1) is 12.0 Å². The summed E-state index contributed by atoms with van der Waals surface area (Å²) < 4.78 is 5.35. The Bertz CT molecular complexity index is 909. The lowest BCUT2D eigenvalue weighted by Gasteiger charge is -2.13. The van der Waals surface area contributed by atoms with Gasteiger partial charge in [-0.15, -0.1) is 0 Å². The van der Waals surface area contributed by atoms with Crippen LogP contribution in [0.25, 0.3) is 10.9 Å². The first-order valence-corrected chi connectivity index (χ1v) is 7.50. The second kappa shape index (κ2) is 6.54. The number of methoxy groups -OCH3 is 1. The fourth-order valence-electron chi connectivity index (χ4n) is 2.69. The first-order valence-electron chi connectivity index (χ1n) is 7.50. The number of rotatable bonds is 5. The Hall–Kier alpha value is -3.15. The Morgan fingerprint density at radius 1 is 1.21 bits per heavy atom. The zero-order chi connectivity index (χ0) is 17.1. The number of nitro groups is 1. The van der Waals surface area contributed by atoms with Crippen LogP contribution in [-0.2, 0) is 6.54 Å². The van der Waals surface area contributed by atoms with Crippen LogP contribution in [-0.4, -0.2) is 17.0 Å². The maximum atomic E-state index is 11.2. The van der Waals surface area contributed by atoms with E-state index in [2.05, 4.69) is 10.3 Å². The number of fused-ring (bicyclic) bond motifs is 1. The Kier molecular flexibility index (Phi) is 4.29. The number of anilines is 1. The number of aromatic nitrogens is 1. The molecular weight excluding hydrogens is 306 g/mol. The topological polar surface area (TPSA) is 77.3 Å².